The van der Waals surface area contributed by atoms with Gasteiger partial charge in [-0.3, -0.25) is 0 Å². The van der Waals surface area contributed by atoms with E-state index < -0.39 is 0 Å². The standard InChI is InChI=1S/C18H21Cl/c1-4-14-6-8-15(9-7-14)11-16-10-13(3)17(5-2)18(19)12-16/h6-10,12H,4-5,11H2,1-3H3. The molecule has 0 spiro atoms. The summed E-state index contributed by atoms with van der Waals surface area (Å²) in [6.07, 6.45) is 3.04. The van der Waals surface area contributed by atoms with Crippen LogP contribution < -0.4 is 0 Å². The van der Waals surface area contributed by atoms with Gasteiger partial charge in [-0.2, -0.15) is 0 Å². The van der Waals surface area contributed by atoms with E-state index in [0.717, 1.165) is 24.3 Å². The van der Waals surface area contributed by atoms with E-state index in [9.17, 15) is 0 Å². The van der Waals surface area contributed by atoms with E-state index in [1.54, 1.807) is 0 Å². The van der Waals surface area contributed by atoms with Gasteiger partial charge in [0.05, 0.1) is 0 Å². The first kappa shape index (κ1) is 14.1. The van der Waals surface area contributed by atoms with Crippen LogP contribution in [0.5, 0.6) is 0 Å². The zero-order valence-electron chi connectivity index (χ0n) is 12.0. The number of hydrogen-bond acceptors (Lipinski definition) is 0. The van der Waals surface area contributed by atoms with Gasteiger partial charge in [-0.05, 0) is 60.1 Å². The Morgan fingerprint density at radius 2 is 1.47 bits per heavy atom. The lowest BCUT2D eigenvalue weighted by Crippen LogP contribution is -1.94. The largest absolute Gasteiger partial charge is 0.0840 e. The van der Waals surface area contributed by atoms with Crippen molar-refractivity contribution >= 4 is 11.6 Å². The maximum atomic E-state index is 6.35. The van der Waals surface area contributed by atoms with Gasteiger partial charge in [-0.1, -0.05) is 55.8 Å². The third-order valence-electron chi connectivity index (χ3n) is 3.67. The highest BCUT2D eigenvalue weighted by atomic mass is 35.5. The van der Waals surface area contributed by atoms with E-state index in [4.69, 9.17) is 11.6 Å². The summed E-state index contributed by atoms with van der Waals surface area (Å²) in [5.41, 5.74) is 6.60. The summed E-state index contributed by atoms with van der Waals surface area (Å²) < 4.78 is 0. The average molecular weight is 273 g/mol. The van der Waals surface area contributed by atoms with Crippen LogP contribution in [0, 0.1) is 6.92 Å². The molecular weight excluding hydrogens is 252 g/mol. The third kappa shape index (κ3) is 3.39. The summed E-state index contributed by atoms with van der Waals surface area (Å²) in [6.45, 7) is 6.48. The molecule has 100 valence electrons. The molecule has 0 aromatic heterocycles. The summed E-state index contributed by atoms with van der Waals surface area (Å²) in [6, 6.07) is 13.2. The Morgan fingerprint density at radius 3 is 2.00 bits per heavy atom. The molecule has 0 aliphatic carbocycles. The van der Waals surface area contributed by atoms with E-state index in [1.165, 1.54) is 27.8 Å². The normalized spacial score (nSPS) is 10.7. The predicted molar refractivity (Wildman–Crippen MR) is 84.2 cm³/mol. The second-order valence-corrected chi connectivity index (χ2v) is 5.48. The lowest BCUT2D eigenvalue weighted by atomic mass is 9.98. The second kappa shape index (κ2) is 6.25. The van der Waals surface area contributed by atoms with Crippen molar-refractivity contribution in [2.24, 2.45) is 0 Å². The van der Waals surface area contributed by atoms with Crippen molar-refractivity contribution < 1.29 is 0 Å². The Morgan fingerprint density at radius 1 is 0.842 bits per heavy atom. The van der Waals surface area contributed by atoms with Crippen LogP contribution in [0.15, 0.2) is 36.4 Å². The fourth-order valence-electron chi connectivity index (χ4n) is 2.52. The first-order chi connectivity index (χ1) is 9.13. The van der Waals surface area contributed by atoms with Gasteiger partial charge in [0.25, 0.3) is 0 Å². The lowest BCUT2D eigenvalue weighted by Gasteiger charge is -2.10. The number of halogens is 1. The van der Waals surface area contributed by atoms with Crippen molar-refractivity contribution in [1.82, 2.24) is 0 Å². The van der Waals surface area contributed by atoms with E-state index in [0.29, 0.717) is 0 Å². The van der Waals surface area contributed by atoms with Crippen LogP contribution in [0.25, 0.3) is 0 Å². The van der Waals surface area contributed by atoms with E-state index in [1.807, 2.05) is 0 Å². The molecule has 0 unspecified atom stereocenters. The van der Waals surface area contributed by atoms with E-state index in [-0.39, 0.29) is 0 Å². The highest BCUT2D eigenvalue weighted by Gasteiger charge is 2.05. The maximum Gasteiger partial charge on any atom is 0.0443 e. The zero-order chi connectivity index (χ0) is 13.8. The molecule has 2 aromatic rings. The minimum atomic E-state index is 0.905. The topological polar surface area (TPSA) is 0 Å². The van der Waals surface area contributed by atoms with Crippen LogP contribution in [0.1, 0.15) is 41.7 Å². The van der Waals surface area contributed by atoms with Gasteiger partial charge in [0.2, 0.25) is 0 Å². The van der Waals surface area contributed by atoms with Crippen LogP contribution in [-0.2, 0) is 19.3 Å². The van der Waals surface area contributed by atoms with Crippen LogP contribution in [0.2, 0.25) is 5.02 Å². The highest BCUT2D eigenvalue weighted by molar-refractivity contribution is 6.31. The third-order valence-corrected chi connectivity index (χ3v) is 4.01. The Kier molecular flexibility index (Phi) is 4.66. The molecule has 0 amide bonds. The van der Waals surface area contributed by atoms with Crippen molar-refractivity contribution in [2.45, 2.75) is 40.0 Å². The van der Waals surface area contributed by atoms with Crippen molar-refractivity contribution in [3.63, 3.8) is 0 Å². The smallest absolute Gasteiger partial charge is 0.0443 e. The summed E-state index contributed by atoms with van der Waals surface area (Å²) in [5.74, 6) is 0. The molecule has 0 radical (unpaired) electrons. The fraction of sp³-hybridized carbons (Fsp3) is 0.333. The van der Waals surface area contributed by atoms with E-state index in [2.05, 4.69) is 57.2 Å². The highest BCUT2D eigenvalue weighted by Crippen LogP contribution is 2.24. The molecule has 0 aliphatic rings. The van der Waals surface area contributed by atoms with Gasteiger partial charge >= 0.3 is 0 Å². The van der Waals surface area contributed by atoms with Crippen LogP contribution in [-0.4, -0.2) is 0 Å². The minimum absolute atomic E-state index is 0.905. The first-order valence-corrected chi connectivity index (χ1v) is 7.37. The molecule has 0 N–H and O–H groups in total. The van der Waals surface area contributed by atoms with Crippen molar-refractivity contribution in [3.8, 4) is 0 Å². The summed E-state index contributed by atoms with van der Waals surface area (Å²) in [7, 11) is 0. The SMILES string of the molecule is CCc1ccc(Cc2cc(C)c(CC)c(Cl)c2)cc1. The summed E-state index contributed by atoms with van der Waals surface area (Å²) in [4.78, 5) is 0. The molecule has 19 heavy (non-hydrogen) atoms. The molecule has 2 rings (SSSR count). The molecular formula is C18H21Cl. The van der Waals surface area contributed by atoms with Gasteiger partial charge in [0.15, 0.2) is 0 Å². The second-order valence-electron chi connectivity index (χ2n) is 5.07. The maximum absolute atomic E-state index is 6.35. The minimum Gasteiger partial charge on any atom is -0.0840 e. The summed E-state index contributed by atoms with van der Waals surface area (Å²) >= 11 is 6.35. The monoisotopic (exact) mass is 272 g/mol. The van der Waals surface area contributed by atoms with E-state index >= 15 is 0 Å². The quantitative estimate of drug-likeness (QED) is 0.702. The van der Waals surface area contributed by atoms with Crippen LogP contribution >= 0.6 is 11.6 Å². The molecule has 0 heterocycles. The number of aryl methyl sites for hydroxylation is 2. The molecule has 2 aromatic carbocycles. The zero-order valence-corrected chi connectivity index (χ0v) is 12.7. The Labute approximate surface area is 121 Å². The predicted octanol–water partition coefficient (Wildman–Crippen LogP) is 5.36. The molecule has 0 saturated heterocycles. The molecule has 0 aliphatic heterocycles. The number of rotatable bonds is 4. The van der Waals surface area contributed by atoms with Gasteiger partial charge in [-0.25, -0.2) is 0 Å². The molecule has 0 saturated carbocycles. The molecule has 0 atom stereocenters. The lowest BCUT2D eigenvalue weighted by molar-refractivity contribution is 1.08. The van der Waals surface area contributed by atoms with Crippen molar-refractivity contribution in [1.29, 1.82) is 0 Å². The average Bonchev–Trinajstić information content (AvgIpc) is 2.39. The van der Waals surface area contributed by atoms with Crippen molar-refractivity contribution in [2.75, 3.05) is 0 Å². The molecule has 0 fully saturated rings. The van der Waals surface area contributed by atoms with Gasteiger partial charge in [0, 0.05) is 5.02 Å². The van der Waals surface area contributed by atoms with Gasteiger partial charge in [0.1, 0.15) is 0 Å². The molecule has 0 bridgehead atoms. The van der Waals surface area contributed by atoms with Gasteiger partial charge in [-0.15, -0.1) is 0 Å². The number of benzene rings is 2. The van der Waals surface area contributed by atoms with Crippen molar-refractivity contribution in [3.05, 3.63) is 69.2 Å². The molecule has 1 heteroatoms. The van der Waals surface area contributed by atoms with Crippen LogP contribution in [0.4, 0.5) is 0 Å². The Balaban J connectivity index is 2.23. The Hall–Kier alpha value is -1.27. The first-order valence-electron chi connectivity index (χ1n) is 6.99. The van der Waals surface area contributed by atoms with Crippen LogP contribution in [0.3, 0.4) is 0 Å². The fourth-order valence-corrected chi connectivity index (χ4v) is 2.95. The summed E-state index contributed by atoms with van der Waals surface area (Å²) in [5, 5.41) is 0.905. The van der Waals surface area contributed by atoms with Gasteiger partial charge < -0.3 is 0 Å². The molecule has 0 nitrogen and oxygen atoms in total. The number of hydrogen-bond donors (Lipinski definition) is 0. The Bertz CT molecular complexity index is 529.